The molecule has 2 rings (SSSR count). The van der Waals surface area contributed by atoms with E-state index in [0.29, 0.717) is 28.1 Å². The van der Waals surface area contributed by atoms with Crippen LogP contribution in [0.1, 0.15) is 43.7 Å². The molecular weight excluding hydrogens is 280 g/mol. The van der Waals surface area contributed by atoms with Crippen LogP contribution < -0.4 is 4.74 Å². The normalized spacial score (nSPS) is 12.4. The number of halogens is 1. The van der Waals surface area contributed by atoms with Crippen LogP contribution in [-0.2, 0) is 13.0 Å². The molecular formula is C14H17ClN2O3. The molecule has 1 heterocycles. The smallest absolute Gasteiger partial charge is 0.226 e. The zero-order chi connectivity index (χ0) is 14.5. The van der Waals surface area contributed by atoms with Gasteiger partial charge in [0.1, 0.15) is 5.75 Å². The average Bonchev–Trinajstić information content (AvgIpc) is 2.85. The highest BCUT2D eigenvalue weighted by Gasteiger charge is 2.12. The van der Waals surface area contributed by atoms with E-state index >= 15 is 0 Å². The van der Waals surface area contributed by atoms with Crippen molar-refractivity contribution < 1.29 is 14.4 Å². The third kappa shape index (κ3) is 3.71. The van der Waals surface area contributed by atoms with Crippen LogP contribution in [0.15, 0.2) is 22.7 Å². The summed E-state index contributed by atoms with van der Waals surface area (Å²) in [4.78, 5) is 4.22. The number of aromatic nitrogens is 2. The van der Waals surface area contributed by atoms with Gasteiger partial charge in [-0.05, 0) is 31.5 Å². The SMILES string of the molecule is CCCc1nc(COc2ccc(Cl)cc2[C@H](C)O)no1. The van der Waals surface area contributed by atoms with Gasteiger partial charge >= 0.3 is 0 Å². The Kier molecular flexibility index (Phi) is 4.98. The van der Waals surface area contributed by atoms with Crippen LogP contribution >= 0.6 is 11.6 Å². The molecule has 0 amide bonds. The lowest BCUT2D eigenvalue weighted by atomic mass is 10.1. The van der Waals surface area contributed by atoms with E-state index < -0.39 is 6.10 Å². The Morgan fingerprint density at radius 3 is 2.95 bits per heavy atom. The molecule has 1 aromatic heterocycles. The lowest BCUT2D eigenvalue weighted by molar-refractivity contribution is 0.189. The number of aliphatic hydroxyl groups is 1. The molecule has 0 radical (unpaired) electrons. The summed E-state index contributed by atoms with van der Waals surface area (Å²) in [6, 6.07) is 5.11. The van der Waals surface area contributed by atoms with Gasteiger partial charge in [0.05, 0.1) is 6.10 Å². The molecule has 0 saturated heterocycles. The van der Waals surface area contributed by atoms with Crippen molar-refractivity contribution in [3.63, 3.8) is 0 Å². The van der Waals surface area contributed by atoms with E-state index in [0.717, 1.165) is 12.8 Å². The Bertz CT molecular complexity index is 569. The molecule has 1 aromatic carbocycles. The van der Waals surface area contributed by atoms with Crippen LogP contribution in [0.25, 0.3) is 0 Å². The van der Waals surface area contributed by atoms with E-state index in [1.165, 1.54) is 0 Å². The van der Waals surface area contributed by atoms with Crippen LogP contribution in [0.4, 0.5) is 0 Å². The predicted octanol–water partition coefficient (Wildman–Crippen LogP) is 3.31. The van der Waals surface area contributed by atoms with Crippen LogP contribution in [0, 0.1) is 0 Å². The summed E-state index contributed by atoms with van der Waals surface area (Å²) in [5, 5.41) is 14.1. The lowest BCUT2D eigenvalue weighted by Gasteiger charge is -2.12. The molecule has 0 bridgehead atoms. The van der Waals surface area contributed by atoms with Crippen molar-refractivity contribution in [2.24, 2.45) is 0 Å². The number of ether oxygens (including phenoxy) is 1. The summed E-state index contributed by atoms with van der Waals surface area (Å²) >= 11 is 5.91. The van der Waals surface area contributed by atoms with Crippen LogP contribution in [0.3, 0.4) is 0 Å². The van der Waals surface area contributed by atoms with E-state index in [-0.39, 0.29) is 6.61 Å². The van der Waals surface area contributed by atoms with Gasteiger partial charge in [0.2, 0.25) is 11.7 Å². The molecule has 0 aliphatic heterocycles. The van der Waals surface area contributed by atoms with Crippen LogP contribution in [0.5, 0.6) is 5.75 Å². The fourth-order valence-corrected chi connectivity index (χ4v) is 1.96. The van der Waals surface area contributed by atoms with Crippen molar-refractivity contribution in [3.05, 3.63) is 40.5 Å². The van der Waals surface area contributed by atoms with Gasteiger partial charge in [-0.3, -0.25) is 0 Å². The summed E-state index contributed by atoms with van der Waals surface area (Å²) in [6.45, 7) is 3.89. The van der Waals surface area contributed by atoms with E-state index in [9.17, 15) is 5.11 Å². The number of hydrogen-bond donors (Lipinski definition) is 1. The first kappa shape index (κ1) is 14.8. The minimum atomic E-state index is -0.662. The van der Waals surface area contributed by atoms with Crippen molar-refractivity contribution >= 4 is 11.6 Å². The largest absolute Gasteiger partial charge is 0.485 e. The van der Waals surface area contributed by atoms with Crippen molar-refractivity contribution in [1.82, 2.24) is 10.1 Å². The topological polar surface area (TPSA) is 68.4 Å². The van der Waals surface area contributed by atoms with Crippen molar-refractivity contribution in [2.45, 2.75) is 39.4 Å². The summed E-state index contributed by atoms with van der Waals surface area (Å²) in [6.07, 6.45) is 1.04. The fraction of sp³-hybridized carbons (Fsp3) is 0.429. The third-order valence-corrected chi connectivity index (χ3v) is 2.99. The third-order valence-electron chi connectivity index (χ3n) is 2.75. The van der Waals surface area contributed by atoms with Gasteiger partial charge in [0, 0.05) is 17.0 Å². The second-order valence-corrected chi connectivity index (χ2v) is 4.94. The molecule has 20 heavy (non-hydrogen) atoms. The molecule has 1 atom stereocenters. The number of benzene rings is 1. The lowest BCUT2D eigenvalue weighted by Crippen LogP contribution is -2.02. The van der Waals surface area contributed by atoms with Crippen molar-refractivity contribution in [2.75, 3.05) is 0 Å². The molecule has 6 heteroatoms. The minimum absolute atomic E-state index is 0.189. The van der Waals surface area contributed by atoms with Gasteiger partial charge in [-0.15, -0.1) is 0 Å². The van der Waals surface area contributed by atoms with Crippen molar-refractivity contribution in [3.8, 4) is 5.75 Å². The number of aryl methyl sites for hydroxylation is 1. The Morgan fingerprint density at radius 1 is 1.45 bits per heavy atom. The molecule has 0 aliphatic carbocycles. The molecule has 0 saturated carbocycles. The summed E-state index contributed by atoms with van der Waals surface area (Å²) < 4.78 is 10.7. The number of aliphatic hydroxyl groups excluding tert-OH is 1. The number of rotatable bonds is 6. The maximum atomic E-state index is 9.71. The second kappa shape index (κ2) is 6.72. The van der Waals surface area contributed by atoms with E-state index in [1.807, 2.05) is 6.92 Å². The van der Waals surface area contributed by atoms with E-state index in [1.54, 1.807) is 25.1 Å². The van der Waals surface area contributed by atoms with E-state index in [2.05, 4.69) is 10.1 Å². The molecule has 108 valence electrons. The second-order valence-electron chi connectivity index (χ2n) is 4.50. The first-order valence-corrected chi connectivity index (χ1v) is 6.89. The number of hydrogen-bond acceptors (Lipinski definition) is 5. The quantitative estimate of drug-likeness (QED) is 0.885. The first-order valence-electron chi connectivity index (χ1n) is 6.52. The average molecular weight is 297 g/mol. The molecule has 5 nitrogen and oxygen atoms in total. The minimum Gasteiger partial charge on any atom is -0.485 e. The molecule has 2 aromatic rings. The Balaban J connectivity index is 2.06. The molecule has 0 aliphatic rings. The molecule has 0 spiro atoms. The first-order chi connectivity index (χ1) is 9.60. The van der Waals surface area contributed by atoms with Gasteiger partial charge in [-0.1, -0.05) is 23.7 Å². The standard InChI is InChI=1S/C14H17ClN2O3/c1-3-4-14-16-13(17-20-14)8-19-12-6-5-10(15)7-11(12)9(2)18/h5-7,9,18H,3-4,8H2,1-2H3/t9-/m0/s1. The Labute approximate surface area is 122 Å². The summed E-state index contributed by atoms with van der Waals surface area (Å²) in [5.41, 5.74) is 0.634. The van der Waals surface area contributed by atoms with Gasteiger partial charge < -0.3 is 14.4 Å². The predicted molar refractivity (Wildman–Crippen MR) is 74.7 cm³/mol. The van der Waals surface area contributed by atoms with E-state index in [4.69, 9.17) is 20.9 Å². The molecule has 1 N–H and O–H groups in total. The van der Waals surface area contributed by atoms with Gasteiger partial charge in [-0.25, -0.2) is 0 Å². The summed E-state index contributed by atoms with van der Waals surface area (Å²) in [5.74, 6) is 1.66. The fourth-order valence-electron chi connectivity index (χ4n) is 1.78. The summed E-state index contributed by atoms with van der Waals surface area (Å²) in [7, 11) is 0. The van der Waals surface area contributed by atoms with Gasteiger partial charge in [-0.2, -0.15) is 4.98 Å². The maximum absolute atomic E-state index is 9.71. The van der Waals surface area contributed by atoms with Crippen molar-refractivity contribution in [1.29, 1.82) is 0 Å². The molecule has 0 unspecified atom stereocenters. The highest BCUT2D eigenvalue weighted by molar-refractivity contribution is 6.30. The maximum Gasteiger partial charge on any atom is 0.226 e. The Morgan fingerprint density at radius 2 is 2.25 bits per heavy atom. The van der Waals surface area contributed by atoms with Crippen LogP contribution in [0.2, 0.25) is 5.02 Å². The van der Waals surface area contributed by atoms with Gasteiger partial charge in [0.15, 0.2) is 6.61 Å². The Hall–Kier alpha value is -1.59. The monoisotopic (exact) mass is 296 g/mol. The number of nitrogens with zero attached hydrogens (tertiary/aromatic N) is 2. The molecule has 0 fully saturated rings. The highest BCUT2D eigenvalue weighted by Crippen LogP contribution is 2.28. The van der Waals surface area contributed by atoms with Crippen LogP contribution in [-0.4, -0.2) is 15.2 Å². The highest BCUT2D eigenvalue weighted by atomic mass is 35.5. The van der Waals surface area contributed by atoms with Gasteiger partial charge in [0.25, 0.3) is 0 Å². The zero-order valence-electron chi connectivity index (χ0n) is 11.5. The zero-order valence-corrected chi connectivity index (χ0v) is 12.2.